The number of nitrogens with zero attached hydrogens (tertiary/aromatic N) is 2. The molecule has 2 N–H and O–H groups in total. The van der Waals surface area contributed by atoms with Gasteiger partial charge in [0.25, 0.3) is 0 Å². The zero-order valence-corrected chi connectivity index (χ0v) is 16.8. The van der Waals surface area contributed by atoms with Gasteiger partial charge in [0.05, 0.1) is 13.2 Å². The Balaban J connectivity index is 1.36. The van der Waals surface area contributed by atoms with E-state index < -0.39 is 10.0 Å². The maximum atomic E-state index is 12.6. The third-order valence-electron chi connectivity index (χ3n) is 4.96. The maximum absolute atomic E-state index is 12.6. The molecule has 2 fully saturated rings. The Bertz CT molecular complexity index is 968. The van der Waals surface area contributed by atoms with E-state index in [9.17, 15) is 13.2 Å². The molecule has 0 bridgehead atoms. The topological polar surface area (TPSA) is 101 Å². The number of sulfonamides is 1. The van der Waals surface area contributed by atoms with Crippen LogP contribution in [0.3, 0.4) is 0 Å². The molecule has 2 aromatic rings. The number of aromatic nitrogens is 1. The smallest absolute Gasteiger partial charge is 0.244 e. The number of benzene rings is 1. The van der Waals surface area contributed by atoms with Crippen molar-refractivity contribution >= 4 is 27.4 Å². The zero-order valence-electron chi connectivity index (χ0n) is 16.0. The van der Waals surface area contributed by atoms with Crippen molar-refractivity contribution in [1.82, 2.24) is 9.29 Å². The molecule has 1 aliphatic heterocycles. The number of carbonyl (C=O) groups excluding carboxylic acids is 1. The number of carbonyl (C=O) groups is 1. The summed E-state index contributed by atoms with van der Waals surface area (Å²) in [4.78, 5) is 16.3. The molecule has 2 aliphatic rings. The third-order valence-corrected chi connectivity index (χ3v) is 6.84. The van der Waals surface area contributed by atoms with E-state index in [1.807, 2.05) is 24.3 Å². The van der Waals surface area contributed by atoms with E-state index in [2.05, 4.69) is 15.6 Å². The first-order chi connectivity index (χ1) is 14.0. The van der Waals surface area contributed by atoms with Gasteiger partial charge < -0.3 is 15.4 Å². The molecule has 2 heterocycles. The van der Waals surface area contributed by atoms with Crippen molar-refractivity contribution in [2.24, 2.45) is 5.92 Å². The van der Waals surface area contributed by atoms with Crippen LogP contribution < -0.4 is 10.6 Å². The molecule has 29 heavy (non-hydrogen) atoms. The minimum atomic E-state index is -3.54. The van der Waals surface area contributed by atoms with Gasteiger partial charge in [-0.25, -0.2) is 13.4 Å². The molecule has 4 rings (SSSR count). The fourth-order valence-electron chi connectivity index (χ4n) is 3.11. The van der Waals surface area contributed by atoms with E-state index in [1.165, 1.54) is 10.5 Å². The van der Waals surface area contributed by atoms with Crippen LogP contribution in [0, 0.1) is 5.92 Å². The first-order valence-electron chi connectivity index (χ1n) is 9.70. The number of hydrogen-bond acceptors (Lipinski definition) is 6. The summed E-state index contributed by atoms with van der Waals surface area (Å²) in [7, 11) is -3.54. The van der Waals surface area contributed by atoms with Gasteiger partial charge in [0.15, 0.2) is 0 Å². The number of amides is 1. The van der Waals surface area contributed by atoms with Crippen molar-refractivity contribution in [1.29, 1.82) is 0 Å². The Morgan fingerprint density at radius 3 is 2.66 bits per heavy atom. The molecular formula is C20H24N4O4S. The lowest BCUT2D eigenvalue weighted by Crippen LogP contribution is -2.40. The Morgan fingerprint density at radius 1 is 1.17 bits per heavy atom. The second kappa shape index (κ2) is 8.48. The highest BCUT2D eigenvalue weighted by molar-refractivity contribution is 7.89. The van der Waals surface area contributed by atoms with Crippen molar-refractivity contribution < 1.29 is 17.9 Å². The average molecular weight is 417 g/mol. The van der Waals surface area contributed by atoms with Crippen LogP contribution in [0.15, 0.2) is 47.5 Å². The molecule has 9 heteroatoms. The summed E-state index contributed by atoms with van der Waals surface area (Å²) >= 11 is 0. The minimum Gasteiger partial charge on any atom is -0.379 e. The molecule has 1 saturated heterocycles. The van der Waals surface area contributed by atoms with Gasteiger partial charge in [-0.05, 0) is 42.7 Å². The lowest BCUT2D eigenvalue weighted by atomic mass is 10.2. The molecule has 0 radical (unpaired) electrons. The molecule has 1 aromatic heterocycles. The predicted octanol–water partition coefficient (Wildman–Crippen LogP) is 2.06. The van der Waals surface area contributed by atoms with Crippen LogP contribution in [0.25, 0.3) is 0 Å². The van der Waals surface area contributed by atoms with Crippen LogP contribution in [0.5, 0.6) is 0 Å². The summed E-state index contributed by atoms with van der Waals surface area (Å²) in [5, 5.41) is 6.12. The van der Waals surface area contributed by atoms with Gasteiger partial charge in [0, 0.05) is 37.4 Å². The summed E-state index contributed by atoms with van der Waals surface area (Å²) < 4.78 is 31.9. The molecule has 0 spiro atoms. The Hall–Kier alpha value is -2.49. The molecule has 1 amide bonds. The van der Waals surface area contributed by atoms with E-state index in [0.29, 0.717) is 38.7 Å². The van der Waals surface area contributed by atoms with Gasteiger partial charge in [-0.1, -0.05) is 12.1 Å². The molecule has 1 saturated carbocycles. The predicted molar refractivity (Wildman–Crippen MR) is 109 cm³/mol. The maximum Gasteiger partial charge on any atom is 0.244 e. The van der Waals surface area contributed by atoms with Gasteiger partial charge >= 0.3 is 0 Å². The number of ether oxygens (including phenoxy) is 1. The first kappa shape index (κ1) is 19.8. The van der Waals surface area contributed by atoms with E-state index in [4.69, 9.17) is 4.74 Å². The minimum absolute atomic E-state index is 0.0776. The SMILES string of the molecule is O=C(Nc1cccc(CNc2ccc(S(=O)(=O)N3CCOCC3)cn2)c1)C1CC1. The van der Waals surface area contributed by atoms with E-state index in [0.717, 1.165) is 24.1 Å². The van der Waals surface area contributed by atoms with Crippen LogP contribution in [-0.2, 0) is 26.1 Å². The van der Waals surface area contributed by atoms with Gasteiger partial charge in [-0.15, -0.1) is 0 Å². The summed E-state index contributed by atoms with van der Waals surface area (Å²) in [6, 6.07) is 10.9. The first-order valence-corrected chi connectivity index (χ1v) is 11.1. The normalized spacial score (nSPS) is 17.7. The summed E-state index contributed by atoms with van der Waals surface area (Å²) in [5.74, 6) is 0.820. The highest BCUT2D eigenvalue weighted by Crippen LogP contribution is 2.30. The van der Waals surface area contributed by atoms with Crippen molar-refractivity contribution in [3.8, 4) is 0 Å². The van der Waals surface area contributed by atoms with Crippen LogP contribution >= 0.6 is 0 Å². The molecule has 8 nitrogen and oxygen atoms in total. The van der Waals surface area contributed by atoms with Gasteiger partial charge in [-0.2, -0.15) is 4.31 Å². The third kappa shape index (κ3) is 4.92. The Kier molecular flexibility index (Phi) is 5.79. The van der Waals surface area contributed by atoms with Crippen molar-refractivity contribution in [3.05, 3.63) is 48.2 Å². The summed E-state index contributed by atoms with van der Waals surface area (Å²) in [5.41, 5.74) is 1.77. The van der Waals surface area contributed by atoms with E-state index in [1.54, 1.807) is 12.1 Å². The Labute approximate surface area is 170 Å². The van der Waals surface area contributed by atoms with Crippen molar-refractivity contribution in [3.63, 3.8) is 0 Å². The number of anilines is 2. The van der Waals surface area contributed by atoms with Gasteiger partial charge in [-0.3, -0.25) is 4.79 Å². The lowest BCUT2D eigenvalue weighted by molar-refractivity contribution is -0.117. The van der Waals surface area contributed by atoms with Crippen molar-refractivity contribution in [2.75, 3.05) is 36.9 Å². The zero-order chi connectivity index (χ0) is 20.3. The number of nitrogens with one attached hydrogen (secondary N) is 2. The molecule has 1 aliphatic carbocycles. The quantitative estimate of drug-likeness (QED) is 0.717. The molecule has 1 aromatic carbocycles. The number of pyridine rings is 1. The molecule has 0 atom stereocenters. The number of hydrogen-bond donors (Lipinski definition) is 2. The van der Waals surface area contributed by atoms with Crippen molar-refractivity contribution in [2.45, 2.75) is 24.3 Å². The summed E-state index contributed by atoms with van der Waals surface area (Å²) in [6.07, 6.45) is 3.31. The number of rotatable bonds is 7. The van der Waals surface area contributed by atoms with Gasteiger partial charge in [0.1, 0.15) is 10.7 Å². The highest BCUT2D eigenvalue weighted by atomic mass is 32.2. The van der Waals surface area contributed by atoms with Gasteiger partial charge in [0.2, 0.25) is 15.9 Å². The van der Waals surface area contributed by atoms with Crippen LogP contribution in [0.4, 0.5) is 11.5 Å². The largest absolute Gasteiger partial charge is 0.379 e. The monoisotopic (exact) mass is 416 g/mol. The second-order valence-electron chi connectivity index (χ2n) is 7.21. The Morgan fingerprint density at radius 2 is 1.97 bits per heavy atom. The highest BCUT2D eigenvalue weighted by Gasteiger charge is 2.29. The second-order valence-corrected chi connectivity index (χ2v) is 9.15. The van der Waals surface area contributed by atoms with Crippen LogP contribution in [0.1, 0.15) is 18.4 Å². The molecular weight excluding hydrogens is 392 g/mol. The standard InChI is InChI=1S/C20H24N4O4S/c25-20(16-4-5-16)23-17-3-1-2-15(12-17)13-21-19-7-6-18(14-22-19)29(26,27)24-8-10-28-11-9-24/h1-3,6-7,12,14,16H,4-5,8-11,13H2,(H,21,22)(H,23,25). The molecule has 0 unspecified atom stereocenters. The van der Waals surface area contributed by atoms with Crippen LogP contribution in [0.2, 0.25) is 0 Å². The van der Waals surface area contributed by atoms with E-state index >= 15 is 0 Å². The summed E-state index contributed by atoms with van der Waals surface area (Å²) in [6.45, 7) is 2.04. The van der Waals surface area contributed by atoms with Crippen LogP contribution in [-0.4, -0.2) is 49.9 Å². The fraction of sp³-hybridized carbons (Fsp3) is 0.400. The van der Waals surface area contributed by atoms with E-state index in [-0.39, 0.29) is 16.7 Å². The molecule has 154 valence electrons. The lowest BCUT2D eigenvalue weighted by Gasteiger charge is -2.25. The fourth-order valence-corrected chi connectivity index (χ4v) is 4.47. The average Bonchev–Trinajstić information content (AvgIpc) is 3.59. The number of morpholine rings is 1.